The molecule has 1 atom stereocenters. The van der Waals surface area contributed by atoms with Crippen molar-refractivity contribution < 1.29 is 4.52 Å². The number of piperidine rings is 2. The Morgan fingerprint density at radius 1 is 1.03 bits per heavy atom. The lowest BCUT2D eigenvalue weighted by Gasteiger charge is -2.49. The van der Waals surface area contributed by atoms with Gasteiger partial charge in [0.2, 0.25) is 0 Å². The van der Waals surface area contributed by atoms with E-state index < -0.39 is 0 Å². The topological polar surface area (TPSA) is 58.3 Å². The fourth-order valence-corrected chi connectivity index (χ4v) is 5.16. The lowest BCUT2D eigenvalue weighted by atomic mass is 9.73. The van der Waals surface area contributed by atoms with Gasteiger partial charge in [-0.3, -0.25) is 4.90 Å². The molecule has 4 heterocycles. The van der Waals surface area contributed by atoms with E-state index in [1.54, 1.807) is 0 Å². The van der Waals surface area contributed by atoms with Crippen LogP contribution in [-0.4, -0.2) is 46.2 Å². The van der Waals surface area contributed by atoms with E-state index >= 15 is 0 Å². The zero-order chi connectivity index (χ0) is 20.4. The van der Waals surface area contributed by atoms with E-state index in [1.165, 1.54) is 44.3 Å². The van der Waals surface area contributed by atoms with Crippen LogP contribution < -0.4 is 4.90 Å². The molecule has 0 saturated carbocycles. The number of rotatable bonds is 4. The third-order valence-corrected chi connectivity index (χ3v) is 6.49. The Morgan fingerprint density at radius 2 is 1.87 bits per heavy atom. The second-order valence-corrected chi connectivity index (χ2v) is 8.87. The van der Waals surface area contributed by atoms with Crippen LogP contribution in [0.2, 0.25) is 0 Å². The summed E-state index contributed by atoms with van der Waals surface area (Å²) in [4.78, 5) is 14.2. The molecule has 0 radical (unpaired) electrons. The van der Waals surface area contributed by atoms with Crippen LogP contribution in [0.3, 0.4) is 0 Å². The molecule has 156 valence electrons. The molecule has 1 unspecified atom stereocenters. The first-order valence-corrected chi connectivity index (χ1v) is 11.0. The van der Waals surface area contributed by atoms with Gasteiger partial charge in [-0.1, -0.05) is 35.5 Å². The summed E-state index contributed by atoms with van der Waals surface area (Å²) >= 11 is 0. The highest BCUT2D eigenvalue weighted by Gasteiger charge is 2.39. The van der Waals surface area contributed by atoms with Gasteiger partial charge in [0, 0.05) is 43.4 Å². The molecular weight excluding hydrogens is 374 g/mol. The summed E-state index contributed by atoms with van der Waals surface area (Å²) in [6.07, 6.45) is 6.95. The predicted octanol–water partition coefficient (Wildman–Crippen LogP) is 4.32. The lowest BCUT2D eigenvalue weighted by molar-refractivity contribution is 0.0683. The molecule has 1 aromatic carbocycles. The van der Waals surface area contributed by atoms with E-state index in [0.717, 1.165) is 31.0 Å². The van der Waals surface area contributed by atoms with Crippen LogP contribution in [0.25, 0.3) is 11.5 Å². The number of aryl methyl sites for hydroxylation is 1. The van der Waals surface area contributed by atoms with E-state index in [-0.39, 0.29) is 0 Å². The van der Waals surface area contributed by atoms with Gasteiger partial charge in [-0.2, -0.15) is 4.98 Å². The first-order chi connectivity index (χ1) is 14.7. The molecule has 6 heteroatoms. The van der Waals surface area contributed by atoms with Crippen molar-refractivity contribution in [1.29, 1.82) is 0 Å². The van der Waals surface area contributed by atoms with Crippen molar-refractivity contribution in [2.45, 2.75) is 39.2 Å². The highest BCUT2D eigenvalue weighted by molar-refractivity contribution is 5.58. The van der Waals surface area contributed by atoms with Crippen molar-refractivity contribution in [3.05, 3.63) is 60.0 Å². The van der Waals surface area contributed by atoms with E-state index in [2.05, 4.69) is 61.3 Å². The highest BCUT2D eigenvalue weighted by Crippen LogP contribution is 2.40. The Balaban J connectivity index is 1.32. The number of pyridine rings is 1. The number of aromatic nitrogens is 3. The van der Waals surface area contributed by atoms with Crippen molar-refractivity contribution >= 4 is 5.82 Å². The molecule has 2 aliphatic rings. The Kier molecular flexibility index (Phi) is 5.25. The monoisotopic (exact) mass is 403 g/mol. The molecule has 0 N–H and O–H groups in total. The lowest BCUT2D eigenvalue weighted by Crippen LogP contribution is -2.52. The van der Waals surface area contributed by atoms with E-state index in [4.69, 9.17) is 4.52 Å². The number of nitrogens with zero attached hydrogens (tertiary/aromatic N) is 5. The molecule has 5 rings (SSSR count). The minimum absolute atomic E-state index is 0.351. The standard InChI is InChI=1S/C24H29N5O/c1-19-26-23(30-27-19)21-9-12-25-22(15-21)29-14-6-11-24(18-29)10-5-13-28(17-24)16-20-7-3-2-4-8-20/h2-4,7-9,12,15H,5-6,10-11,13-14,16-18H2,1H3. The largest absolute Gasteiger partial charge is 0.356 e. The van der Waals surface area contributed by atoms with Crippen molar-refractivity contribution in [2.24, 2.45) is 5.41 Å². The fraction of sp³-hybridized carbons (Fsp3) is 0.458. The minimum Gasteiger partial charge on any atom is -0.356 e. The second-order valence-electron chi connectivity index (χ2n) is 8.87. The van der Waals surface area contributed by atoms with Crippen LogP contribution in [0.5, 0.6) is 0 Å². The maximum atomic E-state index is 5.36. The number of hydrogen-bond donors (Lipinski definition) is 0. The Morgan fingerprint density at radius 3 is 2.67 bits per heavy atom. The normalized spacial score (nSPS) is 22.5. The Labute approximate surface area is 177 Å². The van der Waals surface area contributed by atoms with Crippen LogP contribution >= 0.6 is 0 Å². The van der Waals surface area contributed by atoms with Crippen LogP contribution in [0, 0.1) is 12.3 Å². The Hall–Kier alpha value is -2.73. The average molecular weight is 404 g/mol. The molecular formula is C24H29N5O. The Bertz CT molecular complexity index is 984. The zero-order valence-corrected chi connectivity index (χ0v) is 17.6. The van der Waals surface area contributed by atoms with Crippen molar-refractivity contribution in [2.75, 3.05) is 31.1 Å². The first-order valence-electron chi connectivity index (χ1n) is 11.0. The summed E-state index contributed by atoms with van der Waals surface area (Å²) in [5.74, 6) is 2.23. The summed E-state index contributed by atoms with van der Waals surface area (Å²) in [6.45, 7) is 7.37. The fourth-order valence-electron chi connectivity index (χ4n) is 5.16. The average Bonchev–Trinajstić information content (AvgIpc) is 3.21. The van der Waals surface area contributed by atoms with Gasteiger partial charge in [-0.25, -0.2) is 4.98 Å². The maximum absolute atomic E-state index is 5.36. The van der Waals surface area contributed by atoms with Gasteiger partial charge in [0.1, 0.15) is 5.82 Å². The van der Waals surface area contributed by atoms with Crippen molar-refractivity contribution in [3.63, 3.8) is 0 Å². The van der Waals surface area contributed by atoms with Gasteiger partial charge in [0.05, 0.1) is 0 Å². The zero-order valence-electron chi connectivity index (χ0n) is 17.6. The molecule has 30 heavy (non-hydrogen) atoms. The van der Waals surface area contributed by atoms with E-state index in [1.807, 2.05) is 19.2 Å². The quantitative estimate of drug-likeness (QED) is 0.647. The third kappa shape index (κ3) is 4.10. The molecule has 2 aromatic heterocycles. The van der Waals surface area contributed by atoms with E-state index in [0.29, 0.717) is 17.1 Å². The molecule has 2 aliphatic heterocycles. The molecule has 0 aliphatic carbocycles. The molecule has 1 spiro atoms. The maximum Gasteiger partial charge on any atom is 0.258 e. The molecule has 2 fully saturated rings. The van der Waals surface area contributed by atoms with Crippen molar-refractivity contribution in [3.8, 4) is 11.5 Å². The van der Waals surface area contributed by atoms with Gasteiger partial charge < -0.3 is 9.42 Å². The number of likely N-dealkylation sites (tertiary alicyclic amines) is 1. The van der Waals surface area contributed by atoms with Gasteiger partial charge >= 0.3 is 0 Å². The van der Waals surface area contributed by atoms with Crippen LogP contribution in [0.4, 0.5) is 5.82 Å². The smallest absolute Gasteiger partial charge is 0.258 e. The summed E-state index contributed by atoms with van der Waals surface area (Å²) in [6, 6.07) is 14.9. The molecule has 6 nitrogen and oxygen atoms in total. The molecule has 3 aromatic rings. The molecule has 0 bridgehead atoms. The summed E-state index contributed by atoms with van der Waals surface area (Å²) in [5, 5.41) is 3.92. The molecule has 2 saturated heterocycles. The van der Waals surface area contributed by atoms with Gasteiger partial charge in [-0.15, -0.1) is 0 Å². The van der Waals surface area contributed by atoms with Crippen LogP contribution in [-0.2, 0) is 6.54 Å². The van der Waals surface area contributed by atoms with Gasteiger partial charge in [-0.05, 0) is 56.8 Å². The van der Waals surface area contributed by atoms with E-state index in [9.17, 15) is 0 Å². The summed E-state index contributed by atoms with van der Waals surface area (Å²) < 4.78 is 5.36. The van der Waals surface area contributed by atoms with Crippen molar-refractivity contribution in [1.82, 2.24) is 20.0 Å². The number of benzene rings is 1. The van der Waals surface area contributed by atoms with Gasteiger partial charge in [0.15, 0.2) is 5.82 Å². The number of hydrogen-bond acceptors (Lipinski definition) is 6. The summed E-state index contributed by atoms with van der Waals surface area (Å²) in [5.41, 5.74) is 2.70. The number of anilines is 1. The third-order valence-electron chi connectivity index (χ3n) is 6.49. The van der Waals surface area contributed by atoms with Gasteiger partial charge in [0.25, 0.3) is 5.89 Å². The first kappa shape index (κ1) is 19.2. The minimum atomic E-state index is 0.351. The highest BCUT2D eigenvalue weighted by atomic mass is 16.5. The summed E-state index contributed by atoms with van der Waals surface area (Å²) in [7, 11) is 0. The SMILES string of the molecule is Cc1noc(-c2ccnc(N3CCCC4(CCCN(Cc5ccccc5)C4)C3)c2)n1. The van der Waals surface area contributed by atoms with Crippen LogP contribution in [0.1, 0.15) is 37.1 Å². The van der Waals surface area contributed by atoms with Crippen LogP contribution in [0.15, 0.2) is 53.2 Å². The molecule has 0 amide bonds. The predicted molar refractivity (Wildman–Crippen MR) is 117 cm³/mol. The second kappa shape index (κ2) is 8.19.